The van der Waals surface area contributed by atoms with E-state index in [9.17, 15) is 4.79 Å². The van der Waals surface area contributed by atoms with Crippen molar-refractivity contribution in [2.45, 2.75) is 57.4 Å². The number of hydrogen-bond acceptors (Lipinski definition) is 5. The van der Waals surface area contributed by atoms with Crippen LogP contribution in [0.15, 0.2) is 47.6 Å². The topological polar surface area (TPSA) is 85.8 Å². The molecule has 0 aliphatic carbocycles. The molecular formula is C23H29N5OS. The molecule has 0 saturated carbocycles. The van der Waals surface area contributed by atoms with Crippen LogP contribution in [0.5, 0.6) is 0 Å². The van der Waals surface area contributed by atoms with Gasteiger partial charge in [0.1, 0.15) is 0 Å². The second-order valence-electron chi connectivity index (χ2n) is 8.57. The molecule has 158 valence electrons. The summed E-state index contributed by atoms with van der Waals surface area (Å²) in [5, 5.41) is 11.5. The van der Waals surface area contributed by atoms with E-state index in [-0.39, 0.29) is 16.6 Å². The molecule has 1 unspecified atom stereocenters. The van der Waals surface area contributed by atoms with Crippen molar-refractivity contribution in [3.8, 4) is 11.4 Å². The Bertz CT molecular complexity index is 1050. The molecule has 30 heavy (non-hydrogen) atoms. The first-order valence-electron chi connectivity index (χ1n) is 9.92. The smallest absolute Gasteiger partial charge is 0.237 e. The Morgan fingerprint density at radius 2 is 1.77 bits per heavy atom. The third kappa shape index (κ3) is 4.84. The zero-order valence-electron chi connectivity index (χ0n) is 18.4. The van der Waals surface area contributed by atoms with Crippen molar-refractivity contribution in [1.82, 2.24) is 14.9 Å². The van der Waals surface area contributed by atoms with E-state index in [1.165, 1.54) is 22.0 Å². The summed E-state index contributed by atoms with van der Waals surface area (Å²) < 4.78 is 1.44. The van der Waals surface area contributed by atoms with Crippen molar-refractivity contribution in [3.05, 3.63) is 59.2 Å². The number of thioether (sulfide) groups is 1. The number of benzene rings is 2. The number of hydrogen-bond donors (Lipinski definition) is 2. The number of nitrogens with two attached hydrogens (primary N) is 1. The molecule has 7 heteroatoms. The fourth-order valence-corrected chi connectivity index (χ4v) is 3.84. The van der Waals surface area contributed by atoms with Gasteiger partial charge in [-0.15, -0.1) is 10.2 Å². The van der Waals surface area contributed by atoms with Crippen molar-refractivity contribution in [2.75, 3.05) is 11.2 Å². The second-order valence-corrected chi connectivity index (χ2v) is 9.88. The summed E-state index contributed by atoms with van der Waals surface area (Å²) in [6, 6.07) is 14.1. The summed E-state index contributed by atoms with van der Waals surface area (Å²) in [4.78, 5) is 12.6. The Hall–Kier alpha value is -2.80. The van der Waals surface area contributed by atoms with E-state index in [0.29, 0.717) is 11.0 Å². The van der Waals surface area contributed by atoms with E-state index in [1.807, 2.05) is 51.1 Å². The van der Waals surface area contributed by atoms with Crippen LogP contribution in [0.25, 0.3) is 11.4 Å². The van der Waals surface area contributed by atoms with E-state index in [2.05, 4.69) is 48.4 Å². The third-order valence-corrected chi connectivity index (χ3v) is 6.02. The predicted molar refractivity (Wildman–Crippen MR) is 124 cm³/mol. The number of nitrogens with one attached hydrogen (secondary N) is 1. The average molecular weight is 424 g/mol. The minimum absolute atomic E-state index is 0.0779. The Labute approximate surface area is 182 Å². The summed E-state index contributed by atoms with van der Waals surface area (Å²) in [6.45, 7) is 12.4. The maximum atomic E-state index is 12.6. The number of amides is 1. The lowest BCUT2D eigenvalue weighted by molar-refractivity contribution is -0.115. The number of carbonyl (C=O) groups excluding carboxylic acids is 1. The van der Waals surface area contributed by atoms with E-state index in [0.717, 1.165) is 22.4 Å². The van der Waals surface area contributed by atoms with Gasteiger partial charge in [-0.25, -0.2) is 4.68 Å². The normalized spacial score (nSPS) is 12.6. The molecule has 0 aliphatic heterocycles. The first kappa shape index (κ1) is 21.9. The van der Waals surface area contributed by atoms with Gasteiger partial charge in [-0.1, -0.05) is 74.5 Å². The van der Waals surface area contributed by atoms with Crippen molar-refractivity contribution < 1.29 is 4.79 Å². The van der Waals surface area contributed by atoms with Gasteiger partial charge in [0.15, 0.2) is 5.82 Å². The number of aromatic nitrogens is 3. The molecule has 3 N–H and O–H groups in total. The van der Waals surface area contributed by atoms with Crippen molar-refractivity contribution in [1.29, 1.82) is 0 Å². The van der Waals surface area contributed by atoms with Crippen LogP contribution in [0.3, 0.4) is 0 Å². The number of nitrogens with zero attached hydrogens (tertiary/aromatic N) is 3. The molecule has 2 aromatic carbocycles. The molecule has 3 rings (SSSR count). The van der Waals surface area contributed by atoms with Crippen LogP contribution in [0.1, 0.15) is 44.4 Å². The van der Waals surface area contributed by atoms with Gasteiger partial charge in [0, 0.05) is 11.3 Å². The highest BCUT2D eigenvalue weighted by Crippen LogP contribution is 2.28. The largest absolute Gasteiger partial charge is 0.335 e. The molecule has 0 fully saturated rings. The van der Waals surface area contributed by atoms with Crippen LogP contribution in [0.4, 0.5) is 5.69 Å². The summed E-state index contributed by atoms with van der Waals surface area (Å²) in [5.74, 6) is 6.70. The SMILES string of the molecule is Cc1ccc(NC(=O)C(C)Sc2nnc(-c3ccc(C(C)(C)C)cc3)n2N)c(C)c1. The van der Waals surface area contributed by atoms with E-state index < -0.39 is 0 Å². The minimum Gasteiger partial charge on any atom is -0.335 e. The van der Waals surface area contributed by atoms with E-state index >= 15 is 0 Å². The van der Waals surface area contributed by atoms with E-state index in [4.69, 9.17) is 5.84 Å². The van der Waals surface area contributed by atoms with Gasteiger partial charge in [0.25, 0.3) is 0 Å². The molecule has 1 heterocycles. The van der Waals surface area contributed by atoms with Crippen molar-refractivity contribution >= 4 is 23.4 Å². The Morgan fingerprint density at radius 3 is 2.37 bits per heavy atom. The highest BCUT2D eigenvalue weighted by atomic mass is 32.2. The Kier molecular flexibility index (Phi) is 6.22. The first-order chi connectivity index (χ1) is 14.1. The van der Waals surface area contributed by atoms with Crippen LogP contribution in [0, 0.1) is 13.8 Å². The maximum Gasteiger partial charge on any atom is 0.237 e. The van der Waals surface area contributed by atoms with Gasteiger partial charge in [0.2, 0.25) is 11.1 Å². The molecule has 3 aromatic rings. The lowest BCUT2D eigenvalue weighted by Crippen LogP contribution is -2.24. The fraction of sp³-hybridized carbons (Fsp3) is 0.348. The average Bonchev–Trinajstić information content (AvgIpc) is 3.03. The fourth-order valence-electron chi connectivity index (χ4n) is 3.07. The quantitative estimate of drug-likeness (QED) is 0.459. The monoisotopic (exact) mass is 423 g/mol. The van der Waals surface area contributed by atoms with E-state index in [1.54, 1.807) is 0 Å². The molecule has 0 spiro atoms. The molecule has 0 saturated heterocycles. The Morgan fingerprint density at radius 1 is 1.10 bits per heavy atom. The molecule has 6 nitrogen and oxygen atoms in total. The van der Waals surface area contributed by atoms with Gasteiger partial charge in [-0.05, 0) is 43.4 Å². The molecule has 0 aliphatic rings. The minimum atomic E-state index is -0.381. The number of aryl methyl sites for hydroxylation is 2. The molecule has 0 bridgehead atoms. The standard InChI is InChI=1S/C23H29N5OS/c1-14-7-12-19(15(2)13-14)25-21(29)16(3)30-22-27-26-20(28(22)24)17-8-10-18(11-9-17)23(4,5)6/h7-13,16H,24H2,1-6H3,(H,25,29). The third-order valence-electron chi connectivity index (χ3n) is 4.96. The molecule has 1 aromatic heterocycles. The summed E-state index contributed by atoms with van der Waals surface area (Å²) in [7, 11) is 0. The van der Waals surface area contributed by atoms with Crippen LogP contribution in [-0.2, 0) is 10.2 Å². The number of anilines is 1. The highest BCUT2D eigenvalue weighted by Gasteiger charge is 2.21. The number of carbonyl (C=O) groups is 1. The maximum absolute atomic E-state index is 12.6. The second kappa shape index (κ2) is 8.52. The van der Waals surface area contributed by atoms with Crippen molar-refractivity contribution in [3.63, 3.8) is 0 Å². The van der Waals surface area contributed by atoms with Gasteiger partial charge < -0.3 is 11.2 Å². The lowest BCUT2D eigenvalue weighted by atomic mass is 9.87. The summed E-state index contributed by atoms with van der Waals surface area (Å²) >= 11 is 1.28. The predicted octanol–water partition coefficient (Wildman–Crippen LogP) is 4.69. The van der Waals surface area contributed by atoms with Crippen LogP contribution in [0.2, 0.25) is 0 Å². The van der Waals surface area contributed by atoms with Crippen LogP contribution >= 0.6 is 11.8 Å². The zero-order valence-corrected chi connectivity index (χ0v) is 19.2. The van der Waals surface area contributed by atoms with Gasteiger partial charge in [-0.2, -0.15) is 0 Å². The molecular weight excluding hydrogens is 394 g/mol. The summed E-state index contributed by atoms with van der Waals surface area (Å²) in [6.07, 6.45) is 0. The zero-order chi connectivity index (χ0) is 22.1. The first-order valence-corrected chi connectivity index (χ1v) is 10.8. The number of nitrogen functional groups attached to an aromatic ring is 1. The highest BCUT2D eigenvalue weighted by molar-refractivity contribution is 8.00. The molecule has 1 atom stereocenters. The van der Waals surface area contributed by atoms with Gasteiger partial charge in [-0.3, -0.25) is 4.79 Å². The Balaban J connectivity index is 1.71. The van der Waals surface area contributed by atoms with Gasteiger partial charge in [0.05, 0.1) is 5.25 Å². The van der Waals surface area contributed by atoms with Crippen molar-refractivity contribution in [2.24, 2.45) is 0 Å². The van der Waals surface area contributed by atoms with Crippen LogP contribution < -0.4 is 11.2 Å². The summed E-state index contributed by atoms with van der Waals surface area (Å²) in [5.41, 5.74) is 5.20. The molecule has 0 radical (unpaired) electrons. The molecule has 1 amide bonds. The van der Waals surface area contributed by atoms with Gasteiger partial charge >= 0.3 is 0 Å². The number of rotatable bonds is 5. The van der Waals surface area contributed by atoms with Crippen LogP contribution in [-0.4, -0.2) is 26.0 Å². The lowest BCUT2D eigenvalue weighted by Gasteiger charge is -2.19.